The minimum atomic E-state index is -5.08. The highest BCUT2D eigenvalue weighted by molar-refractivity contribution is 6.57. The number of hydrogen-bond acceptors (Lipinski definition) is 9. The van der Waals surface area contributed by atoms with Crippen LogP contribution >= 0.6 is 0 Å². The highest BCUT2D eigenvalue weighted by Crippen LogP contribution is 2.36. The minimum Gasteiger partial charge on any atom is -0.475 e. The van der Waals surface area contributed by atoms with E-state index in [9.17, 15) is 52.9 Å². The summed E-state index contributed by atoms with van der Waals surface area (Å²) < 4.78 is 129. The summed E-state index contributed by atoms with van der Waals surface area (Å²) in [6.07, 6.45) is 5.69. The number of halogens is 11. The van der Waals surface area contributed by atoms with Gasteiger partial charge in [-0.25, -0.2) is 14.4 Å². The number of rotatable bonds is 23. The van der Waals surface area contributed by atoms with E-state index in [4.69, 9.17) is 46.9 Å². The maximum atomic E-state index is 14.9. The van der Waals surface area contributed by atoms with Crippen molar-refractivity contribution in [1.82, 2.24) is 30.1 Å². The lowest BCUT2D eigenvalue weighted by molar-refractivity contribution is -0.356. The average molecular weight is 998 g/mol. The number of amides is 1. The lowest BCUT2D eigenvalue weighted by Gasteiger charge is -2.30. The zero-order valence-electron chi connectivity index (χ0n) is 36.5. The minimum absolute atomic E-state index is 0.0556. The fourth-order valence-electron chi connectivity index (χ4n) is 6.08. The van der Waals surface area contributed by atoms with Crippen LogP contribution in [0.3, 0.4) is 0 Å². The van der Waals surface area contributed by atoms with Crippen molar-refractivity contribution in [2.75, 3.05) is 26.2 Å². The molecule has 0 aliphatic carbocycles. The summed E-state index contributed by atoms with van der Waals surface area (Å²) in [6.45, 7) is 0.176. The highest BCUT2D eigenvalue weighted by Gasteiger charge is 2.51. The van der Waals surface area contributed by atoms with E-state index in [0.717, 1.165) is 78.4 Å². The van der Waals surface area contributed by atoms with Crippen molar-refractivity contribution in [2.45, 2.75) is 115 Å². The Labute approximate surface area is 382 Å². The molecule has 0 aromatic carbocycles. The van der Waals surface area contributed by atoms with E-state index in [1.54, 1.807) is 24.3 Å². The topological polar surface area (TPSA) is 282 Å². The molecular formula is C38H55BF11N11O7. The van der Waals surface area contributed by atoms with E-state index in [1.165, 1.54) is 31.7 Å². The quantitative estimate of drug-likeness (QED) is 0.0244. The van der Waals surface area contributed by atoms with Crippen LogP contribution in [0.1, 0.15) is 88.4 Å². The second kappa shape index (κ2) is 29.0. The van der Waals surface area contributed by atoms with Gasteiger partial charge in [0.15, 0.2) is 11.7 Å². The van der Waals surface area contributed by atoms with Gasteiger partial charge < -0.3 is 60.8 Å². The maximum absolute atomic E-state index is 14.9. The number of nitrogens with zero attached hydrogens (tertiary/aromatic N) is 6. The molecular weight excluding hydrogens is 942 g/mol. The van der Waals surface area contributed by atoms with E-state index in [-0.39, 0.29) is 11.9 Å². The lowest BCUT2D eigenvalue weighted by atomic mass is 9.87. The Balaban J connectivity index is 0.000000910. The first-order valence-corrected chi connectivity index (χ1v) is 20.9. The van der Waals surface area contributed by atoms with Gasteiger partial charge >= 0.3 is 43.4 Å². The molecule has 1 atom stereocenters. The molecule has 0 fully saturated rings. The normalized spacial score (nSPS) is 14.1. The van der Waals surface area contributed by atoms with E-state index in [2.05, 4.69) is 25.9 Å². The van der Waals surface area contributed by atoms with Gasteiger partial charge in [0, 0.05) is 49.3 Å². The number of alkyl halides is 9. The number of aryl methyl sites for hydroxylation is 2. The molecule has 1 amide bonds. The Morgan fingerprint density at radius 2 is 1.29 bits per heavy atom. The molecule has 68 heavy (non-hydrogen) atoms. The lowest BCUT2D eigenvalue weighted by Crippen LogP contribution is -2.49. The number of guanidine groups is 1. The van der Waals surface area contributed by atoms with Gasteiger partial charge in [0.25, 0.3) is 0 Å². The summed E-state index contributed by atoms with van der Waals surface area (Å²) in [4.78, 5) is 42.6. The number of nitrogens with one attached hydrogen (secondary N) is 2. The van der Waals surface area contributed by atoms with Crippen LogP contribution < -0.4 is 27.8 Å². The van der Waals surface area contributed by atoms with Gasteiger partial charge in [-0.15, -0.1) is 5.10 Å². The van der Waals surface area contributed by atoms with Crippen molar-refractivity contribution < 1.29 is 87.1 Å². The monoisotopic (exact) mass is 997 g/mol. The van der Waals surface area contributed by atoms with Gasteiger partial charge in [0.2, 0.25) is 5.91 Å². The molecule has 18 nitrogen and oxygen atoms in total. The highest BCUT2D eigenvalue weighted by atomic mass is 19.4. The standard InChI is InChI=1S/C32H52BF2N11O.3C2HF3O2/c34-33(35)45-23-11-14-29(45)27(30-15-12-24-46(30)33)17-16-26-25-44(43-42-26)22-9-5-1-2-6-18-39-19-7-3-4-8-20-40-31(47)28(36)13-10-21-41-32(37)38;3*3-2(4,5)1(6)7/h11-12,14-15,23-25,28,39H,1-10,13,16-22,36H2,(H,40,47)(H4,37,38,41);3*(H,6,7)/t28-;;;/m0.../s1. The predicted molar refractivity (Wildman–Crippen MR) is 225 cm³/mol. The number of carbonyl (C=O) groups excluding carboxylic acids is 1. The molecule has 30 heteroatoms. The number of nitrogens with two attached hydrogens (primary N) is 3. The molecule has 0 radical (unpaired) electrons. The van der Waals surface area contributed by atoms with Crippen LogP contribution in [0.25, 0.3) is 5.57 Å². The number of allylic oxidation sites excluding steroid dienone is 3. The molecule has 2 aromatic rings. The second-order valence-corrected chi connectivity index (χ2v) is 14.8. The number of carboxylic acids is 3. The fourth-order valence-corrected chi connectivity index (χ4v) is 6.08. The van der Waals surface area contributed by atoms with Crippen molar-refractivity contribution in [1.29, 1.82) is 0 Å². The van der Waals surface area contributed by atoms with Crippen LogP contribution in [0.15, 0.2) is 47.4 Å². The predicted octanol–water partition coefficient (Wildman–Crippen LogP) is 4.81. The van der Waals surface area contributed by atoms with E-state index in [1.807, 2.05) is 10.9 Å². The van der Waals surface area contributed by atoms with Crippen LogP contribution in [0.5, 0.6) is 0 Å². The first-order chi connectivity index (χ1) is 31.6. The van der Waals surface area contributed by atoms with Gasteiger partial charge in [0.1, 0.15) is 6.21 Å². The Morgan fingerprint density at radius 1 is 0.779 bits per heavy atom. The van der Waals surface area contributed by atoms with Crippen LogP contribution in [0, 0.1) is 0 Å². The zero-order chi connectivity index (χ0) is 51.7. The molecule has 2 aliphatic rings. The Morgan fingerprint density at radius 3 is 1.82 bits per heavy atom. The summed E-state index contributed by atoms with van der Waals surface area (Å²) in [5, 5.41) is 36.4. The van der Waals surface area contributed by atoms with E-state index >= 15 is 0 Å². The molecule has 0 saturated heterocycles. The summed E-state index contributed by atoms with van der Waals surface area (Å²) in [7, 11) is 0. The van der Waals surface area contributed by atoms with Crippen LogP contribution in [-0.2, 0) is 32.1 Å². The van der Waals surface area contributed by atoms with Crippen LogP contribution in [0.2, 0.25) is 0 Å². The largest absolute Gasteiger partial charge is 0.736 e. The van der Waals surface area contributed by atoms with Gasteiger partial charge in [0.05, 0.1) is 11.7 Å². The zero-order valence-corrected chi connectivity index (χ0v) is 36.5. The first-order valence-electron chi connectivity index (χ1n) is 20.9. The van der Waals surface area contributed by atoms with E-state index < -0.39 is 49.4 Å². The number of unbranched alkanes of at least 4 members (excludes halogenated alkanes) is 7. The van der Waals surface area contributed by atoms with Crippen molar-refractivity contribution in [3.05, 3.63) is 53.8 Å². The van der Waals surface area contributed by atoms with Gasteiger partial charge in [-0.2, -0.15) is 39.5 Å². The van der Waals surface area contributed by atoms with Crippen molar-refractivity contribution >= 4 is 48.5 Å². The summed E-state index contributed by atoms with van der Waals surface area (Å²) in [6, 6.07) is 2.93. The van der Waals surface area contributed by atoms with Crippen molar-refractivity contribution in [2.24, 2.45) is 22.2 Å². The number of carboxylic acid groups (broad SMARTS) is 3. The number of aliphatic imine (C=N–C) groups is 1. The molecule has 0 bridgehead atoms. The first kappa shape index (κ1) is 60.0. The average Bonchev–Trinajstić information content (AvgIpc) is 4.03. The third-order valence-corrected chi connectivity index (χ3v) is 9.42. The molecule has 2 aliphatic heterocycles. The smallest absolute Gasteiger partial charge is 0.475 e. The number of hydrogen-bond donors (Lipinski definition) is 8. The third kappa shape index (κ3) is 23.1. The maximum Gasteiger partial charge on any atom is 0.736 e. The Kier molecular flexibility index (Phi) is 25.5. The Hall–Kier alpha value is -6.07. The Bertz CT molecular complexity index is 1970. The fraction of sp³-hybridized carbons (Fsp3) is 0.579. The molecule has 4 rings (SSSR count). The van der Waals surface area contributed by atoms with Crippen molar-refractivity contribution in [3.8, 4) is 0 Å². The molecule has 0 saturated carbocycles. The molecule has 0 unspecified atom stereocenters. The third-order valence-electron chi connectivity index (χ3n) is 9.42. The summed E-state index contributed by atoms with van der Waals surface area (Å²) >= 11 is 0. The number of aromatic nitrogens is 4. The number of aliphatic carboxylic acids is 3. The van der Waals surface area contributed by atoms with Gasteiger partial charge in [-0.3, -0.25) is 14.5 Å². The number of fused-ring (bicyclic) bond motifs is 2. The van der Waals surface area contributed by atoms with Gasteiger partial charge in [-0.05, 0) is 82.8 Å². The molecule has 4 heterocycles. The molecule has 0 spiro atoms. The SMILES string of the molecule is NC(N)=NCCC[C@H](N)C(=O)NCCCCCCNCCCCCCCn1cc(CCC2=C3C=CC=[N+]3[B-](F)(F)n3cccc32)nn1.O=C(O)C(F)(F)F.O=C(O)C(F)(F)F.O=C(O)C(F)(F)F. The van der Waals surface area contributed by atoms with Gasteiger partial charge in [-0.1, -0.05) is 37.3 Å². The van der Waals surface area contributed by atoms with Crippen LogP contribution in [-0.4, -0.2) is 133 Å². The molecule has 384 valence electrons. The summed E-state index contributed by atoms with van der Waals surface area (Å²) in [5.74, 6) is -8.33. The second-order valence-electron chi connectivity index (χ2n) is 14.8. The molecule has 2 aromatic heterocycles. The van der Waals surface area contributed by atoms with Crippen LogP contribution in [0.4, 0.5) is 48.1 Å². The number of carbonyl (C=O) groups is 4. The van der Waals surface area contributed by atoms with Crippen molar-refractivity contribution in [3.63, 3.8) is 0 Å². The van der Waals surface area contributed by atoms with E-state index in [0.29, 0.717) is 50.2 Å². The molecule has 11 N–H and O–H groups in total. The summed E-state index contributed by atoms with van der Waals surface area (Å²) in [5.41, 5.74) is 19.4.